The molecule has 4 rings (SSSR count). The molecule has 6 heteroatoms. The average Bonchev–Trinajstić information content (AvgIpc) is 3.16. The van der Waals surface area contributed by atoms with Gasteiger partial charge in [-0.15, -0.1) is 0 Å². The maximum atomic E-state index is 13.5. The Morgan fingerprint density at radius 3 is 2.34 bits per heavy atom. The van der Waals surface area contributed by atoms with E-state index in [1.54, 1.807) is 19.1 Å². The number of amides is 2. The van der Waals surface area contributed by atoms with E-state index >= 15 is 0 Å². The third kappa shape index (κ3) is 2.86. The van der Waals surface area contributed by atoms with Crippen molar-refractivity contribution in [2.75, 3.05) is 12.0 Å². The maximum absolute atomic E-state index is 13.5. The molecule has 0 saturated carbocycles. The highest BCUT2D eigenvalue weighted by Gasteiger charge is 2.70. The van der Waals surface area contributed by atoms with Gasteiger partial charge in [-0.1, -0.05) is 47.5 Å². The molecule has 0 unspecified atom stereocenters. The Balaban J connectivity index is 1.83. The first-order valence-corrected chi connectivity index (χ1v) is 9.73. The minimum absolute atomic E-state index is 0.265. The zero-order chi connectivity index (χ0) is 20.9. The highest BCUT2D eigenvalue weighted by molar-refractivity contribution is 6.23. The van der Waals surface area contributed by atoms with E-state index in [0.717, 1.165) is 16.7 Å². The number of methoxy groups -OCH3 is 1. The van der Waals surface area contributed by atoms with E-state index < -0.39 is 23.3 Å². The van der Waals surface area contributed by atoms with Crippen LogP contribution in [-0.2, 0) is 19.1 Å². The van der Waals surface area contributed by atoms with E-state index in [1.807, 2.05) is 55.6 Å². The van der Waals surface area contributed by atoms with E-state index in [0.29, 0.717) is 5.69 Å². The SMILES string of the molecule is COC(=O)[C@]1(C)[NH2+][C@@H](c2cccc(C)c2)[C@H]2C(=O)N(c3ccc(C)cc3)C(=O)[C@@H]21. The van der Waals surface area contributed by atoms with Gasteiger partial charge in [-0.2, -0.15) is 0 Å². The summed E-state index contributed by atoms with van der Waals surface area (Å²) in [6.07, 6.45) is 0. The van der Waals surface area contributed by atoms with Crippen LogP contribution in [0.5, 0.6) is 0 Å². The molecule has 2 aliphatic rings. The Labute approximate surface area is 169 Å². The number of hydrogen-bond donors (Lipinski definition) is 1. The predicted octanol–water partition coefficient (Wildman–Crippen LogP) is 1.66. The van der Waals surface area contributed by atoms with E-state index in [1.165, 1.54) is 12.0 Å². The van der Waals surface area contributed by atoms with E-state index in [2.05, 4.69) is 0 Å². The quantitative estimate of drug-likeness (QED) is 0.635. The summed E-state index contributed by atoms with van der Waals surface area (Å²) in [5, 5.41) is 1.84. The Morgan fingerprint density at radius 1 is 1.03 bits per heavy atom. The van der Waals surface area contributed by atoms with Gasteiger partial charge >= 0.3 is 5.97 Å². The van der Waals surface area contributed by atoms with Gasteiger partial charge in [0.05, 0.1) is 12.8 Å². The van der Waals surface area contributed by atoms with Crippen molar-refractivity contribution in [3.63, 3.8) is 0 Å². The second-order valence-electron chi connectivity index (χ2n) is 8.23. The number of anilines is 1. The summed E-state index contributed by atoms with van der Waals surface area (Å²) in [6, 6.07) is 14.8. The number of ether oxygens (including phenoxy) is 1. The zero-order valence-corrected chi connectivity index (χ0v) is 17.0. The molecular formula is C23H25N2O4+. The fourth-order valence-corrected chi connectivity index (χ4v) is 4.81. The molecule has 2 amide bonds. The summed E-state index contributed by atoms with van der Waals surface area (Å²) in [5.74, 6) is -2.51. The van der Waals surface area contributed by atoms with Crippen LogP contribution in [0.25, 0.3) is 0 Å². The van der Waals surface area contributed by atoms with E-state index in [-0.39, 0.29) is 17.9 Å². The van der Waals surface area contributed by atoms with Gasteiger partial charge in [-0.25, -0.2) is 9.69 Å². The summed E-state index contributed by atoms with van der Waals surface area (Å²) < 4.78 is 5.04. The van der Waals surface area contributed by atoms with Crippen LogP contribution in [0.1, 0.15) is 29.7 Å². The van der Waals surface area contributed by atoms with Crippen molar-refractivity contribution in [2.45, 2.75) is 32.4 Å². The molecule has 29 heavy (non-hydrogen) atoms. The lowest BCUT2D eigenvalue weighted by atomic mass is 9.80. The standard InChI is InChI=1S/C23H24N2O4/c1-13-8-10-16(11-9-13)25-20(26)17-18(21(25)27)23(3,22(28)29-4)24-19(17)15-7-5-6-14(2)12-15/h5-12,17-19,24H,1-4H3/p+1/t17-,18+,19-,23+/m0/s1. The van der Waals surface area contributed by atoms with Crippen molar-refractivity contribution in [1.82, 2.24) is 0 Å². The molecule has 0 aliphatic carbocycles. The summed E-state index contributed by atoms with van der Waals surface area (Å²) in [6.45, 7) is 5.63. The van der Waals surface area contributed by atoms with Gasteiger partial charge < -0.3 is 10.1 Å². The highest BCUT2D eigenvalue weighted by Crippen LogP contribution is 2.45. The first kappa shape index (κ1) is 19.3. The first-order chi connectivity index (χ1) is 13.8. The molecule has 2 fully saturated rings. The second-order valence-corrected chi connectivity index (χ2v) is 8.23. The smallest absolute Gasteiger partial charge is 0.368 e. The number of imide groups is 1. The summed E-state index contributed by atoms with van der Waals surface area (Å²) in [5.41, 5.74) is 2.40. The number of benzene rings is 2. The molecule has 0 radical (unpaired) electrons. The number of carbonyl (C=O) groups excluding carboxylic acids is 3. The topological polar surface area (TPSA) is 80.3 Å². The normalized spacial score (nSPS) is 28.6. The second kappa shape index (κ2) is 6.81. The molecule has 0 bridgehead atoms. The van der Waals surface area contributed by atoms with Crippen LogP contribution < -0.4 is 10.2 Å². The molecule has 6 nitrogen and oxygen atoms in total. The number of carbonyl (C=O) groups is 3. The minimum Gasteiger partial charge on any atom is -0.464 e. The number of rotatable bonds is 3. The number of esters is 1. The van der Waals surface area contributed by atoms with Crippen molar-refractivity contribution < 1.29 is 24.4 Å². The number of nitrogens with zero attached hydrogens (tertiary/aromatic N) is 1. The number of quaternary nitrogens is 1. The first-order valence-electron chi connectivity index (χ1n) is 9.73. The van der Waals surface area contributed by atoms with Crippen LogP contribution in [0.2, 0.25) is 0 Å². The zero-order valence-electron chi connectivity index (χ0n) is 17.0. The fourth-order valence-electron chi connectivity index (χ4n) is 4.81. The summed E-state index contributed by atoms with van der Waals surface area (Å²) >= 11 is 0. The van der Waals surface area contributed by atoms with Gasteiger partial charge in [0.15, 0.2) is 0 Å². The van der Waals surface area contributed by atoms with Gasteiger partial charge in [-0.05, 0) is 26.0 Å². The molecule has 2 aliphatic heterocycles. The molecule has 2 aromatic rings. The molecule has 150 valence electrons. The summed E-state index contributed by atoms with van der Waals surface area (Å²) in [7, 11) is 1.31. The van der Waals surface area contributed by atoms with Crippen molar-refractivity contribution in [1.29, 1.82) is 0 Å². The van der Waals surface area contributed by atoms with Crippen molar-refractivity contribution in [3.05, 3.63) is 65.2 Å². The third-order valence-corrected chi connectivity index (χ3v) is 6.25. The van der Waals surface area contributed by atoms with Crippen molar-refractivity contribution >= 4 is 23.5 Å². The highest BCUT2D eigenvalue weighted by atomic mass is 16.5. The van der Waals surface area contributed by atoms with Crippen molar-refractivity contribution in [2.24, 2.45) is 11.8 Å². The van der Waals surface area contributed by atoms with Gasteiger partial charge in [-0.3, -0.25) is 9.59 Å². The molecule has 2 aromatic carbocycles. The molecule has 2 saturated heterocycles. The molecule has 0 aromatic heterocycles. The minimum atomic E-state index is -1.17. The lowest BCUT2D eigenvalue weighted by molar-refractivity contribution is -0.730. The molecular weight excluding hydrogens is 368 g/mol. The van der Waals surface area contributed by atoms with Gasteiger partial charge in [0.2, 0.25) is 17.4 Å². The number of nitrogens with two attached hydrogens (primary N) is 1. The van der Waals surface area contributed by atoms with E-state index in [4.69, 9.17) is 4.74 Å². The molecule has 0 spiro atoms. The number of fused-ring (bicyclic) bond motifs is 1. The van der Waals surface area contributed by atoms with Crippen LogP contribution >= 0.6 is 0 Å². The Kier molecular flexibility index (Phi) is 4.54. The third-order valence-electron chi connectivity index (χ3n) is 6.25. The lowest BCUT2D eigenvalue weighted by Crippen LogP contribution is -2.97. The number of aryl methyl sites for hydroxylation is 2. The van der Waals surface area contributed by atoms with Crippen molar-refractivity contribution in [3.8, 4) is 0 Å². The predicted molar refractivity (Wildman–Crippen MR) is 107 cm³/mol. The molecule has 2 heterocycles. The largest absolute Gasteiger partial charge is 0.464 e. The van der Waals surface area contributed by atoms with E-state index in [9.17, 15) is 14.4 Å². The monoisotopic (exact) mass is 393 g/mol. The van der Waals surface area contributed by atoms with Crippen LogP contribution in [-0.4, -0.2) is 30.4 Å². The van der Waals surface area contributed by atoms with Crippen LogP contribution in [0.3, 0.4) is 0 Å². The van der Waals surface area contributed by atoms with Crippen LogP contribution in [0, 0.1) is 25.7 Å². The van der Waals surface area contributed by atoms with Crippen LogP contribution in [0.4, 0.5) is 5.69 Å². The maximum Gasteiger partial charge on any atom is 0.368 e. The van der Waals surface area contributed by atoms with Crippen LogP contribution in [0.15, 0.2) is 48.5 Å². The van der Waals surface area contributed by atoms with Gasteiger partial charge in [0.1, 0.15) is 17.9 Å². The fraction of sp³-hybridized carbons (Fsp3) is 0.348. The van der Waals surface area contributed by atoms with Gasteiger partial charge in [0.25, 0.3) is 0 Å². The summed E-state index contributed by atoms with van der Waals surface area (Å²) in [4.78, 5) is 40.9. The molecule has 2 N–H and O–H groups in total. The lowest BCUT2D eigenvalue weighted by Gasteiger charge is -2.25. The number of hydrogen-bond acceptors (Lipinski definition) is 4. The van der Waals surface area contributed by atoms with Gasteiger partial charge in [0, 0.05) is 12.5 Å². The Bertz CT molecular complexity index is 1000. The Hall–Kier alpha value is -2.99. The Morgan fingerprint density at radius 2 is 1.72 bits per heavy atom. The average molecular weight is 393 g/mol. The molecule has 4 atom stereocenters.